The first-order valence-corrected chi connectivity index (χ1v) is 26.3. The molecule has 4 fully saturated rings. The molecule has 5 aromatic rings. The van der Waals surface area contributed by atoms with E-state index in [4.69, 9.17) is 28.3 Å². The lowest BCUT2D eigenvalue weighted by Crippen LogP contribution is -2.71. The van der Waals surface area contributed by atoms with Gasteiger partial charge in [-0.15, -0.1) is 6.58 Å². The fourth-order valence-electron chi connectivity index (χ4n) is 10.7. The third-order valence-corrected chi connectivity index (χ3v) is 15.6. The second-order valence-corrected chi connectivity index (χ2v) is 21.6. The van der Waals surface area contributed by atoms with Crippen LogP contribution in [-0.2, 0) is 23.1 Å². The Balaban J connectivity index is 0.000000183. The maximum absolute atomic E-state index is 10.7. The molecule has 7 heterocycles. The zero-order valence-electron chi connectivity index (χ0n) is 43.3. The maximum atomic E-state index is 10.7. The van der Waals surface area contributed by atoms with Crippen LogP contribution in [0.4, 0.5) is 11.5 Å². The molecule has 0 radical (unpaired) electrons. The first-order valence-electron chi connectivity index (χ1n) is 25.6. The highest BCUT2D eigenvalue weighted by molar-refractivity contribution is 6.35. The summed E-state index contributed by atoms with van der Waals surface area (Å²) in [6.07, 6.45) is 16.2. The number of aldehydes is 1. The molecule has 15 heteroatoms. The summed E-state index contributed by atoms with van der Waals surface area (Å²) in [5, 5.41) is 14.4. The topological polar surface area (TPSA) is 127 Å². The summed E-state index contributed by atoms with van der Waals surface area (Å²) in [4.78, 5) is 39.3. The molecule has 13 nitrogen and oxygen atoms in total. The van der Waals surface area contributed by atoms with E-state index in [2.05, 4.69) is 135 Å². The Bertz CT molecular complexity index is 2600. The maximum Gasteiger partial charge on any atom is 0.211 e. The lowest BCUT2D eigenvalue weighted by molar-refractivity contribution is -0.109. The number of piperidine rings is 2. The van der Waals surface area contributed by atoms with Gasteiger partial charge in [0.2, 0.25) is 6.41 Å². The van der Waals surface area contributed by atoms with Crippen molar-refractivity contribution in [3.63, 3.8) is 0 Å². The van der Waals surface area contributed by atoms with E-state index in [1.54, 1.807) is 12.4 Å². The molecule has 1 unspecified atom stereocenters. The molecule has 1 spiro atoms. The molecule has 2 aromatic carbocycles. The quantitative estimate of drug-likeness (QED) is 0.0402. The van der Waals surface area contributed by atoms with Gasteiger partial charge in [-0.25, -0.2) is 4.98 Å². The van der Waals surface area contributed by atoms with E-state index in [1.807, 2.05) is 37.0 Å². The summed E-state index contributed by atoms with van der Waals surface area (Å²) in [5.74, 6) is 2.85. The molecule has 0 aliphatic carbocycles. The van der Waals surface area contributed by atoms with Crippen molar-refractivity contribution < 1.29 is 9.59 Å². The van der Waals surface area contributed by atoms with Gasteiger partial charge in [0.05, 0.1) is 39.2 Å². The molecule has 2 N–H and O–H groups in total. The lowest BCUT2D eigenvalue weighted by atomic mass is 9.73. The van der Waals surface area contributed by atoms with Crippen LogP contribution in [0.2, 0.25) is 10.0 Å². The number of likely N-dealkylation sites (tertiary alicyclic amines) is 3. The molecule has 2 atom stereocenters. The second kappa shape index (κ2) is 25.5. The van der Waals surface area contributed by atoms with Gasteiger partial charge in [0.25, 0.3) is 0 Å². The predicted molar refractivity (Wildman–Crippen MR) is 297 cm³/mol. The van der Waals surface area contributed by atoms with Crippen molar-refractivity contribution in [3.8, 4) is 0 Å². The van der Waals surface area contributed by atoms with E-state index in [9.17, 15) is 9.59 Å². The highest BCUT2D eigenvalue weighted by Crippen LogP contribution is 2.41. The van der Waals surface area contributed by atoms with Crippen LogP contribution in [0.15, 0.2) is 103 Å². The highest BCUT2D eigenvalue weighted by atomic mass is 35.5. The smallest absolute Gasteiger partial charge is 0.211 e. The Kier molecular flexibility index (Phi) is 19.2. The third-order valence-electron chi connectivity index (χ3n) is 15.0. The van der Waals surface area contributed by atoms with Crippen LogP contribution in [0, 0.1) is 11.3 Å². The van der Waals surface area contributed by atoms with E-state index in [1.165, 1.54) is 61.1 Å². The molecule has 4 aliphatic rings. The number of hydrogen-bond acceptors (Lipinski definition) is 11. The summed E-state index contributed by atoms with van der Waals surface area (Å²) in [7, 11) is 6.37. The monoisotopic (exact) mass is 1020 g/mol. The number of hydrazone groups is 1. The molecule has 0 bridgehead atoms. The van der Waals surface area contributed by atoms with Crippen molar-refractivity contribution in [2.75, 3.05) is 83.3 Å². The number of hydrogen-bond donors (Lipinski definition) is 2. The predicted octanol–water partition coefficient (Wildman–Crippen LogP) is 10.3. The molecule has 4 aliphatic heterocycles. The lowest BCUT2D eigenvalue weighted by Gasteiger charge is -2.59. The number of aryl methyl sites for hydroxylation is 1. The van der Waals surface area contributed by atoms with Crippen molar-refractivity contribution >= 4 is 64.0 Å². The van der Waals surface area contributed by atoms with Gasteiger partial charge >= 0.3 is 0 Å². The molecule has 0 saturated carbocycles. The van der Waals surface area contributed by atoms with E-state index < -0.39 is 0 Å². The van der Waals surface area contributed by atoms with Crippen molar-refractivity contribution in [1.82, 2.24) is 39.8 Å². The summed E-state index contributed by atoms with van der Waals surface area (Å²) in [6.45, 7) is 23.6. The van der Waals surface area contributed by atoms with Gasteiger partial charge in [0, 0.05) is 79.8 Å². The number of anilines is 2. The molecule has 72 heavy (non-hydrogen) atoms. The SMILES string of the molecule is C/C(=N\Nc1ccc(C[C@H](C)c2c(Cl)cncc2Cl)cc1)c1ccc(N2CC3(CN(C)C3)C2)nc1.C=C(CCC(C)c1nn(C)c2cc(C3CCN(CC=O)CC3)ccc12)NC=O.C=CC1CCN(C)CC1. The standard InChI is InChI=1S/C27H30Cl2N6.C22H30N4O2.C8H15N/c1-18(26-23(28)12-30-13-24(26)29)10-20-4-7-22(8-5-20)33-32-19(2)21-6-9-25(31-11-21)35-16-27(17-35)14-34(3)15-27;1-16(4-5-17(2)23-15-28)22-20-7-6-19(14-21(20)25(3)24-22)18-8-10-26(11-9-18)12-13-27;1-3-8-4-6-9(2)7-5-8/h4-9,11-13,18,33H,10,14-17H2,1-3H3;6-7,13-16,18H,2,4-5,8-12H2,1,3H3,(H,23,28);3,8H,1,4-7H2,2H3/b32-19+;;/t18-;;/m0../s1. The van der Waals surface area contributed by atoms with Gasteiger partial charge in [-0.3, -0.25) is 24.8 Å². The van der Waals surface area contributed by atoms with Gasteiger partial charge in [-0.2, -0.15) is 10.2 Å². The van der Waals surface area contributed by atoms with E-state index >= 15 is 0 Å². The minimum Gasteiger partial charge on any atom is -0.355 e. The number of fused-ring (bicyclic) bond motifs is 1. The number of nitrogens with zero attached hydrogens (tertiary/aromatic N) is 9. The number of halogens is 2. The molecule has 9 rings (SSSR count). The minimum atomic E-state index is 0.185. The van der Waals surface area contributed by atoms with Crippen LogP contribution >= 0.6 is 23.2 Å². The average Bonchev–Trinajstić information content (AvgIpc) is 3.70. The Morgan fingerprint density at radius 2 is 1.57 bits per heavy atom. The molecule has 384 valence electrons. The van der Waals surface area contributed by atoms with E-state index in [0.717, 1.165) is 110 Å². The second-order valence-electron chi connectivity index (χ2n) is 20.8. The van der Waals surface area contributed by atoms with Crippen molar-refractivity contribution in [1.29, 1.82) is 0 Å². The first-order chi connectivity index (χ1) is 34.7. The van der Waals surface area contributed by atoms with Crippen molar-refractivity contribution in [2.45, 2.75) is 83.5 Å². The van der Waals surface area contributed by atoms with Gasteiger partial charge in [-0.05, 0) is 157 Å². The van der Waals surface area contributed by atoms with Crippen LogP contribution in [0.1, 0.15) is 105 Å². The van der Waals surface area contributed by atoms with Gasteiger partial charge in [0.1, 0.15) is 12.1 Å². The fraction of sp³-hybridized carbons (Fsp3) is 0.474. The van der Waals surface area contributed by atoms with Crippen LogP contribution in [0.3, 0.4) is 0 Å². The van der Waals surface area contributed by atoms with E-state index in [0.29, 0.717) is 34.3 Å². The molecular formula is C57H75Cl2N11O2. The number of amides is 1. The zero-order chi connectivity index (χ0) is 51.4. The van der Waals surface area contributed by atoms with Crippen LogP contribution in [-0.4, -0.2) is 126 Å². The minimum absolute atomic E-state index is 0.185. The van der Waals surface area contributed by atoms with Crippen LogP contribution in [0.5, 0.6) is 0 Å². The molecular weight excluding hydrogens is 942 g/mol. The third kappa shape index (κ3) is 14.2. The fourth-order valence-corrected chi connectivity index (χ4v) is 11.4. The normalized spacial score (nSPS) is 18.4. The van der Waals surface area contributed by atoms with E-state index in [-0.39, 0.29) is 11.8 Å². The Hall–Kier alpha value is -5.44. The largest absolute Gasteiger partial charge is 0.355 e. The number of benzene rings is 2. The molecule has 1 amide bonds. The number of rotatable bonds is 17. The summed E-state index contributed by atoms with van der Waals surface area (Å²) < 4.78 is 1.98. The summed E-state index contributed by atoms with van der Waals surface area (Å²) in [6, 6.07) is 19.2. The van der Waals surface area contributed by atoms with Gasteiger partial charge < -0.3 is 24.8 Å². The van der Waals surface area contributed by atoms with Gasteiger partial charge in [0.15, 0.2) is 0 Å². The van der Waals surface area contributed by atoms with Crippen LogP contribution < -0.4 is 15.6 Å². The van der Waals surface area contributed by atoms with Gasteiger partial charge in [-0.1, -0.05) is 74.0 Å². The van der Waals surface area contributed by atoms with Crippen molar-refractivity contribution in [3.05, 3.63) is 136 Å². The highest BCUT2D eigenvalue weighted by Gasteiger charge is 2.50. The number of aromatic nitrogens is 4. The summed E-state index contributed by atoms with van der Waals surface area (Å²) >= 11 is 12.6. The number of allylic oxidation sites excluding steroid dienone is 2. The number of carbonyl (C=O) groups is 2. The molecule has 3 aromatic heterocycles. The average molecular weight is 1020 g/mol. The summed E-state index contributed by atoms with van der Waals surface area (Å²) in [5.41, 5.74) is 13.0. The molecule has 4 saturated heterocycles. The Labute approximate surface area is 437 Å². The van der Waals surface area contributed by atoms with Crippen molar-refractivity contribution in [2.24, 2.45) is 23.5 Å². The Morgan fingerprint density at radius 1 is 0.875 bits per heavy atom. The zero-order valence-corrected chi connectivity index (χ0v) is 44.8. The number of pyridine rings is 2. The number of nitrogens with one attached hydrogen (secondary N) is 2. The number of carbonyl (C=O) groups excluding carboxylic acids is 2. The Morgan fingerprint density at radius 3 is 2.18 bits per heavy atom. The first kappa shape index (κ1) is 54.3. The van der Waals surface area contributed by atoms with Crippen LogP contribution in [0.25, 0.3) is 10.9 Å².